The minimum Gasteiger partial charge on any atom is -0.458 e. The van der Waals surface area contributed by atoms with Crippen molar-refractivity contribution in [3.05, 3.63) is 22.7 Å². The summed E-state index contributed by atoms with van der Waals surface area (Å²) in [6.07, 6.45) is -3.77. The average molecular weight is 563 g/mol. The molecule has 2 heterocycles. The molecule has 2 aromatic rings. The molecule has 0 spiro atoms. The van der Waals surface area contributed by atoms with Gasteiger partial charge in [-0.05, 0) is 57.2 Å². The van der Waals surface area contributed by atoms with E-state index in [9.17, 15) is 26.4 Å². The Balaban J connectivity index is 2.01. The second-order valence-electron chi connectivity index (χ2n) is 9.45. The second kappa shape index (κ2) is 11.3. The van der Waals surface area contributed by atoms with Crippen LogP contribution in [0.1, 0.15) is 56.4 Å². The number of carbonyl (C=O) groups is 1. The summed E-state index contributed by atoms with van der Waals surface area (Å²) in [6.45, 7) is 10.2. The van der Waals surface area contributed by atoms with Crippen LogP contribution in [0.25, 0.3) is 0 Å². The van der Waals surface area contributed by atoms with Gasteiger partial charge in [-0.3, -0.25) is 4.72 Å². The highest BCUT2D eigenvalue weighted by Gasteiger charge is 2.36. The summed E-state index contributed by atoms with van der Waals surface area (Å²) in [5.74, 6) is -2.42. The summed E-state index contributed by atoms with van der Waals surface area (Å²) in [7, 11) is -4.78. The summed E-state index contributed by atoms with van der Waals surface area (Å²) in [5.41, 5.74) is 1.47. The Morgan fingerprint density at radius 1 is 1.24 bits per heavy atom. The number of nitrogens with one attached hydrogen (secondary N) is 1. The number of hydrogen-bond acceptors (Lipinski definition) is 10. The van der Waals surface area contributed by atoms with E-state index in [1.807, 2.05) is 25.5 Å². The number of ether oxygens (including phenoxy) is 1. The molecule has 1 aromatic carbocycles. The molecule has 3 rings (SSSR count). The van der Waals surface area contributed by atoms with Gasteiger partial charge in [-0.25, -0.2) is 13.2 Å². The number of azo groups is 1. The number of nitrogens with zero attached hydrogens (tertiary/aromatic N) is 5. The van der Waals surface area contributed by atoms with E-state index in [0.717, 1.165) is 29.0 Å². The van der Waals surface area contributed by atoms with Crippen molar-refractivity contribution in [3.63, 3.8) is 0 Å². The molecular formula is C22H29F3N6O4S2. The number of alkyl halides is 3. The molecule has 0 saturated carbocycles. The van der Waals surface area contributed by atoms with Crippen LogP contribution in [0.5, 0.6) is 0 Å². The lowest BCUT2D eigenvalue weighted by Gasteiger charge is -2.38. The molecule has 37 heavy (non-hydrogen) atoms. The van der Waals surface area contributed by atoms with Crippen molar-refractivity contribution in [2.75, 3.05) is 21.9 Å². The van der Waals surface area contributed by atoms with E-state index in [1.165, 1.54) is 6.07 Å². The Morgan fingerprint density at radius 3 is 2.57 bits per heavy atom. The number of benzene rings is 1. The first-order valence-electron chi connectivity index (χ1n) is 11.6. The largest absolute Gasteiger partial charge is 0.458 e. The standard InChI is InChI=1S/C22H29F3N6O4S2/c1-12(2)10-31-14(5)6-7-15-8-16(17(9-18(15)31)30-37(33,34)11-22(23,24)25)26-28-21-29-27-19(36-21)20(32)35-13(3)4/h8-9,12-14,30H,6-7,10-11H2,1-5H3. The van der Waals surface area contributed by atoms with Gasteiger partial charge in [0, 0.05) is 18.3 Å². The molecule has 1 aliphatic rings. The topological polar surface area (TPSA) is 126 Å². The number of carbonyl (C=O) groups excluding carboxylic acids is 1. The molecule has 0 aliphatic carbocycles. The van der Waals surface area contributed by atoms with Gasteiger partial charge in [0.2, 0.25) is 15.0 Å². The van der Waals surface area contributed by atoms with E-state index < -0.39 is 27.9 Å². The van der Waals surface area contributed by atoms with Crippen molar-refractivity contribution in [2.45, 2.75) is 65.8 Å². The zero-order valence-corrected chi connectivity index (χ0v) is 22.7. The summed E-state index contributed by atoms with van der Waals surface area (Å²) in [4.78, 5) is 14.1. The Bertz CT molecular complexity index is 1260. The van der Waals surface area contributed by atoms with Crippen LogP contribution in [-0.4, -0.2) is 55.2 Å². The molecule has 1 aliphatic heterocycles. The van der Waals surface area contributed by atoms with E-state index in [-0.39, 0.29) is 33.7 Å². The average Bonchev–Trinajstić information content (AvgIpc) is 3.21. The van der Waals surface area contributed by atoms with Crippen LogP contribution in [0.3, 0.4) is 0 Å². The zero-order chi connectivity index (χ0) is 27.5. The smallest absolute Gasteiger partial charge is 0.404 e. The number of esters is 1. The van der Waals surface area contributed by atoms with E-state index in [4.69, 9.17) is 4.74 Å². The molecule has 15 heteroatoms. The number of hydrogen-bond donors (Lipinski definition) is 1. The first-order chi connectivity index (χ1) is 17.1. The number of aromatic nitrogens is 2. The number of fused-ring (bicyclic) bond motifs is 1. The van der Waals surface area contributed by atoms with Gasteiger partial charge in [0.1, 0.15) is 5.69 Å². The lowest BCUT2D eigenvalue weighted by Crippen LogP contribution is -2.39. The minimum atomic E-state index is -4.92. The Hall–Kier alpha value is -2.81. The van der Waals surface area contributed by atoms with Crippen molar-refractivity contribution < 1.29 is 31.1 Å². The molecule has 10 nitrogen and oxygen atoms in total. The van der Waals surface area contributed by atoms with Crippen molar-refractivity contribution in [1.29, 1.82) is 0 Å². The Morgan fingerprint density at radius 2 is 1.95 bits per heavy atom. The monoisotopic (exact) mass is 562 g/mol. The van der Waals surface area contributed by atoms with Crippen LogP contribution < -0.4 is 9.62 Å². The Labute approximate surface area is 217 Å². The quantitative estimate of drug-likeness (QED) is 0.310. The predicted molar refractivity (Wildman–Crippen MR) is 135 cm³/mol. The fourth-order valence-corrected chi connectivity index (χ4v) is 5.35. The molecule has 1 atom stereocenters. The van der Waals surface area contributed by atoms with E-state index in [2.05, 4.69) is 25.3 Å². The second-order valence-corrected chi connectivity index (χ2v) is 12.1. The van der Waals surface area contributed by atoms with Crippen LogP contribution in [0.15, 0.2) is 22.4 Å². The van der Waals surface area contributed by atoms with Crippen LogP contribution in [-0.2, 0) is 21.2 Å². The van der Waals surface area contributed by atoms with Crippen LogP contribution in [0, 0.1) is 5.92 Å². The third kappa shape index (κ3) is 8.09. The van der Waals surface area contributed by atoms with Crippen LogP contribution >= 0.6 is 11.3 Å². The summed E-state index contributed by atoms with van der Waals surface area (Å²) in [6, 6.07) is 3.27. The zero-order valence-electron chi connectivity index (χ0n) is 21.0. The molecule has 0 amide bonds. The van der Waals surface area contributed by atoms with Gasteiger partial charge in [0.25, 0.3) is 5.13 Å². The number of sulfonamides is 1. The van der Waals surface area contributed by atoms with Crippen molar-refractivity contribution >= 4 is 49.5 Å². The van der Waals surface area contributed by atoms with Gasteiger partial charge in [0.15, 0.2) is 5.75 Å². The molecule has 1 aromatic heterocycles. The number of aryl methyl sites for hydroxylation is 1. The maximum absolute atomic E-state index is 12.9. The molecule has 0 fully saturated rings. The van der Waals surface area contributed by atoms with Crippen LogP contribution in [0.2, 0.25) is 0 Å². The highest BCUT2D eigenvalue weighted by Crippen LogP contribution is 2.40. The highest BCUT2D eigenvalue weighted by molar-refractivity contribution is 7.92. The van der Waals surface area contributed by atoms with Gasteiger partial charge in [0.05, 0.1) is 11.8 Å². The molecule has 1 unspecified atom stereocenters. The predicted octanol–water partition coefficient (Wildman–Crippen LogP) is 5.62. The van der Waals surface area contributed by atoms with Crippen molar-refractivity contribution in [3.8, 4) is 0 Å². The number of halogens is 3. The lowest BCUT2D eigenvalue weighted by atomic mass is 9.94. The maximum Gasteiger partial charge on any atom is 0.404 e. The van der Waals surface area contributed by atoms with Gasteiger partial charge in [-0.15, -0.1) is 20.4 Å². The van der Waals surface area contributed by atoms with Gasteiger partial charge < -0.3 is 9.64 Å². The fraction of sp³-hybridized carbons (Fsp3) is 0.591. The van der Waals surface area contributed by atoms with Crippen LogP contribution in [0.4, 0.5) is 35.4 Å². The maximum atomic E-state index is 12.9. The third-order valence-electron chi connectivity index (χ3n) is 5.23. The minimum absolute atomic E-state index is 0.00687. The van der Waals surface area contributed by atoms with E-state index in [0.29, 0.717) is 18.9 Å². The summed E-state index contributed by atoms with van der Waals surface area (Å²) in [5, 5.41) is 15.4. The molecule has 1 N–H and O–H groups in total. The molecular weight excluding hydrogens is 533 g/mol. The van der Waals surface area contributed by atoms with Gasteiger partial charge >= 0.3 is 12.1 Å². The first kappa shape index (κ1) is 28.8. The summed E-state index contributed by atoms with van der Waals surface area (Å²) < 4.78 is 70.3. The number of rotatable bonds is 9. The van der Waals surface area contributed by atoms with Gasteiger partial charge in [-0.2, -0.15) is 13.2 Å². The van der Waals surface area contributed by atoms with Crippen molar-refractivity contribution in [1.82, 2.24) is 10.2 Å². The molecule has 0 radical (unpaired) electrons. The first-order valence-corrected chi connectivity index (χ1v) is 14.1. The molecule has 0 saturated heterocycles. The number of anilines is 2. The van der Waals surface area contributed by atoms with E-state index >= 15 is 0 Å². The lowest BCUT2D eigenvalue weighted by molar-refractivity contribution is -0.106. The molecule has 204 valence electrons. The van der Waals surface area contributed by atoms with Crippen molar-refractivity contribution in [2.24, 2.45) is 16.1 Å². The van der Waals surface area contributed by atoms with Gasteiger partial charge in [-0.1, -0.05) is 25.2 Å². The third-order valence-corrected chi connectivity index (χ3v) is 7.25. The highest BCUT2D eigenvalue weighted by atomic mass is 32.2. The SMILES string of the molecule is CC(C)CN1c2cc(NS(=O)(=O)CC(F)(F)F)c(N=Nc3nnc(C(=O)OC(C)C)s3)cc2CCC1C. The van der Waals surface area contributed by atoms with E-state index in [1.54, 1.807) is 19.9 Å². The normalized spacial score (nSPS) is 16.5. The Kier molecular flexibility index (Phi) is 8.78. The molecule has 0 bridgehead atoms. The summed E-state index contributed by atoms with van der Waals surface area (Å²) >= 11 is 0.813. The fourth-order valence-electron chi connectivity index (χ4n) is 3.80.